The van der Waals surface area contributed by atoms with E-state index < -0.39 is 11.7 Å². The highest BCUT2D eigenvalue weighted by Crippen LogP contribution is 2.33. The fraction of sp³-hybridized carbons (Fsp3) is 0.167. The normalized spacial score (nSPS) is 11.4. The molecule has 0 bridgehead atoms. The summed E-state index contributed by atoms with van der Waals surface area (Å²) in [5.41, 5.74) is -0.156. The molecule has 2 rings (SSSR count). The molecule has 0 aliphatic rings. The predicted octanol–water partition coefficient (Wildman–Crippen LogP) is 4.31. The van der Waals surface area contributed by atoms with Crippen LogP contribution in [-0.2, 0) is 6.18 Å². The smallest absolute Gasteiger partial charge is 0.340 e. The third kappa shape index (κ3) is 3.44. The first-order chi connectivity index (χ1) is 8.86. The highest BCUT2D eigenvalue weighted by molar-refractivity contribution is 9.10. The van der Waals surface area contributed by atoms with Gasteiger partial charge in [0.05, 0.1) is 5.56 Å². The van der Waals surface area contributed by atoms with Crippen molar-refractivity contribution in [2.24, 2.45) is 0 Å². The number of alkyl halides is 3. The zero-order valence-corrected chi connectivity index (χ0v) is 11.4. The SMILES string of the molecule is Cc1ccc(Nc2cc(Br)ncn2)cc1C(F)(F)F. The van der Waals surface area contributed by atoms with Gasteiger partial charge in [0.15, 0.2) is 0 Å². The lowest BCUT2D eigenvalue weighted by Gasteiger charge is -2.13. The van der Waals surface area contributed by atoms with Crippen molar-refractivity contribution in [3.05, 3.63) is 46.3 Å². The quantitative estimate of drug-likeness (QED) is 0.833. The van der Waals surface area contributed by atoms with Gasteiger partial charge >= 0.3 is 6.18 Å². The van der Waals surface area contributed by atoms with Crippen LogP contribution in [0.4, 0.5) is 24.7 Å². The number of aromatic nitrogens is 2. The molecule has 19 heavy (non-hydrogen) atoms. The molecule has 1 N–H and O–H groups in total. The molecule has 1 heterocycles. The molecule has 0 unspecified atom stereocenters. The molecule has 0 aliphatic carbocycles. The Kier molecular flexibility index (Phi) is 3.75. The lowest BCUT2D eigenvalue weighted by molar-refractivity contribution is -0.138. The maximum Gasteiger partial charge on any atom is 0.416 e. The lowest BCUT2D eigenvalue weighted by atomic mass is 10.1. The number of hydrogen-bond donors (Lipinski definition) is 1. The van der Waals surface area contributed by atoms with Crippen molar-refractivity contribution in [3.63, 3.8) is 0 Å². The van der Waals surface area contributed by atoms with Gasteiger partial charge in [0.25, 0.3) is 0 Å². The molecule has 0 amide bonds. The van der Waals surface area contributed by atoms with Gasteiger partial charge in [-0.15, -0.1) is 0 Å². The highest BCUT2D eigenvalue weighted by Gasteiger charge is 2.32. The van der Waals surface area contributed by atoms with E-state index in [1.807, 2.05) is 0 Å². The molecule has 2 aromatic rings. The Morgan fingerprint density at radius 2 is 1.89 bits per heavy atom. The van der Waals surface area contributed by atoms with Crippen LogP contribution in [0.5, 0.6) is 0 Å². The van der Waals surface area contributed by atoms with Crippen LogP contribution in [0.3, 0.4) is 0 Å². The van der Waals surface area contributed by atoms with Gasteiger partial charge < -0.3 is 5.32 Å². The van der Waals surface area contributed by atoms with Crippen LogP contribution in [0.15, 0.2) is 35.2 Å². The Morgan fingerprint density at radius 1 is 1.16 bits per heavy atom. The van der Waals surface area contributed by atoms with Crippen LogP contribution in [0.25, 0.3) is 0 Å². The summed E-state index contributed by atoms with van der Waals surface area (Å²) in [6.45, 7) is 1.42. The maximum atomic E-state index is 12.8. The minimum absolute atomic E-state index is 0.182. The summed E-state index contributed by atoms with van der Waals surface area (Å²) in [5, 5.41) is 2.80. The minimum atomic E-state index is -4.37. The zero-order valence-electron chi connectivity index (χ0n) is 9.79. The van der Waals surface area contributed by atoms with Crippen molar-refractivity contribution in [1.82, 2.24) is 9.97 Å². The first kappa shape index (κ1) is 13.8. The second-order valence-corrected chi connectivity index (χ2v) is 4.69. The summed E-state index contributed by atoms with van der Waals surface area (Å²) in [5.74, 6) is 0.416. The standard InChI is InChI=1S/C12H9BrF3N3/c1-7-2-3-8(4-9(7)12(14,15)16)19-11-5-10(13)17-6-18-11/h2-6H,1H3,(H,17,18,19). The molecule has 0 atom stereocenters. The topological polar surface area (TPSA) is 37.8 Å². The monoisotopic (exact) mass is 331 g/mol. The average molecular weight is 332 g/mol. The van der Waals surface area contributed by atoms with Crippen LogP contribution in [0.2, 0.25) is 0 Å². The second-order valence-electron chi connectivity index (χ2n) is 3.88. The molecule has 0 spiro atoms. The first-order valence-corrected chi connectivity index (χ1v) is 6.08. The van der Waals surface area contributed by atoms with E-state index in [9.17, 15) is 13.2 Å². The Bertz CT molecular complexity index is 599. The first-order valence-electron chi connectivity index (χ1n) is 5.28. The maximum absolute atomic E-state index is 12.8. The summed E-state index contributed by atoms with van der Waals surface area (Å²) in [6, 6.07) is 5.63. The van der Waals surface area contributed by atoms with E-state index >= 15 is 0 Å². The largest absolute Gasteiger partial charge is 0.416 e. The number of nitrogens with one attached hydrogen (secondary N) is 1. The number of hydrogen-bond acceptors (Lipinski definition) is 3. The summed E-state index contributed by atoms with van der Waals surface area (Å²) < 4.78 is 38.9. The second kappa shape index (κ2) is 5.16. The number of nitrogens with zero attached hydrogens (tertiary/aromatic N) is 2. The summed E-state index contributed by atoms with van der Waals surface area (Å²) >= 11 is 3.16. The van der Waals surface area contributed by atoms with E-state index in [2.05, 4.69) is 31.2 Å². The minimum Gasteiger partial charge on any atom is -0.340 e. The van der Waals surface area contributed by atoms with E-state index in [0.29, 0.717) is 16.1 Å². The van der Waals surface area contributed by atoms with Gasteiger partial charge in [0.2, 0.25) is 0 Å². The predicted molar refractivity (Wildman–Crippen MR) is 69.2 cm³/mol. The van der Waals surface area contributed by atoms with Gasteiger partial charge in [-0.3, -0.25) is 0 Å². The fourth-order valence-electron chi connectivity index (χ4n) is 1.55. The fourth-order valence-corrected chi connectivity index (χ4v) is 1.86. The molecule has 7 heteroatoms. The molecule has 0 radical (unpaired) electrons. The molecule has 0 fully saturated rings. The molecule has 1 aromatic carbocycles. The van der Waals surface area contributed by atoms with E-state index in [-0.39, 0.29) is 5.56 Å². The van der Waals surface area contributed by atoms with Gasteiger partial charge in [-0.05, 0) is 40.5 Å². The average Bonchev–Trinajstić information content (AvgIpc) is 2.30. The van der Waals surface area contributed by atoms with Gasteiger partial charge in [-0.2, -0.15) is 13.2 Å². The van der Waals surface area contributed by atoms with Crippen molar-refractivity contribution >= 4 is 27.4 Å². The Labute approximate surface area is 116 Å². The molecule has 0 saturated heterocycles. The van der Waals surface area contributed by atoms with E-state index in [4.69, 9.17) is 0 Å². The summed E-state index contributed by atoms with van der Waals surface area (Å²) in [7, 11) is 0. The number of rotatable bonds is 2. The van der Waals surface area contributed by atoms with Crippen LogP contribution < -0.4 is 5.32 Å². The van der Waals surface area contributed by atoms with Crippen molar-refractivity contribution in [2.75, 3.05) is 5.32 Å². The van der Waals surface area contributed by atoms with Gasteiger partial charge in [-0.1, -0.05) is 6.07 Å². The summed E-state index contributed by atoms with van der Waals surface area (Å²) in [6.07, 6.45) is -3.06. The molecule has 3 nitrogen and oxygen atoms in total. The van der Waals surface area contributed by atoms with Gasteiger partial charge in [0.1, 0.15) is 16.7 Å². The third-order valence-electron chi connectivity index (χ3n) is 2.45. The van der Waals surface area contributed by atoms with E-state index in [1.165, 1.54) is 19.3 Å². The molecular weight excluding hydrogens is 323 g/mol. The lowest BCUT2D eigenvalue weighted by Crippen LogP contribution is -2.08. The zero-order chi connectivity index (χ0) is 14.0. The van der Waals surface area contributed by atoms with Crippen LogP contribution in [-0.4, -0.2) is 9.97 Å². The Hall–Kier alpha value is -1.63. The number of benzene rings is 1. The van der Waals surface area contributed by atoms with Crippen molar-refractivity contribution in [3.8, 4) is 0 Å². The van der Waals surface area contributed by atoms with Gasteiger partial charge in [0, 0.05) is 11.8 Å². The van der Waals surface area contributed by atoms with E-state index in [0.717, 1.165) is 6.07 Å². The van der Waals surface area contributed by atoms with Gasteiger partial charge in [-0.25, -0.2) is 9.97 Å². The number of aryl methyl sites for hydroxylation is 1. The Morgan fingerprint density at radius 3 is 2.53 bits per heavy atom. The number of anilines is 2. The third-order valence-corrected chi connectivity index (χ3v) is 2.88. The molecular formula is C12H9BrF3N3. The summed E-state index contributed by atoms with van der Waals surface area (Å²) in [4.78, 5) is 7.75. The Balaban J connectivity index is 2.32. The highest BCUT2D eigenvalue weighted by atomic mass is 79.9. The molecule has 100 valence electrons. The van der Waals surface area contributed by atoms with E-state index in [1.54, 1.807) is 12.1 Å². The molecule has 0 aliphatic heterocycles. The van der Waals surface area contributed by atoms with Crippen LogP contribution in [0.1, 0.15) is 11.1 Å². The van der Waals surface area contributed by atoms with Crippen molar-refractivity contribution < 1.29 is 13.2 Å². The molecule has 0 saturated carbocycles. The van der Waals surface area contributed by atoms with Crippen molar-refractivity contribution in [1.29, 1.82) is 0 Å². The van der Waals surface area contributed by atoms with Crippen LogP contribution in [0, 0.1) is 6.92 Å². The number of halogens is 4. The van der Waals surface area contributed by atoms with Crippen molar-refractivity contribution in [2.45, 2.75) is 13.1 Å². The van der Waals surface area contributed by atoms with Crippen LogP contribution >= 0.6 is 15.9 Å². The molecule has 1 aromatic heterocycles.